The maximum absolute atomic E-state index is 10.9. The van der Waals surface area contributed by atoms with Crippen molar-refractivity contribution in [3.8, 4) is 0 Å². The predicted molar refractivity (Wildman–Crippen MR) is 66.4 cm³/mol. The standard InChI is InChI=1S/C11H23NO2S/c1-3-5-7-14-8-10-15-9-6-12-11(13)4-2/h3-10H2,1-2H3,(H,12,13). The first-order valence-corrected chi connectivity index (χ1v) is 6.88. The number of amides is 1. The quantitative estimate of drug-likeness (QED) is 0.587. The van der Waals surface area contributed by atoms with E-state index >= 15 is 0 Å². The van der Waals surface area contributed by atoms with Gasteiger partial charge in [-0.05, 0) is 6.42 Å². The van der Waals surface area contributed by atoms with Crippen LogP contribution in [-0.4, -0.2) is 37.2 Å². The van der Waals surface area contributed by atoms with E-state index in [0.717, 1.165) is 37.7 Å². The van der Waals surface area contributed by atoms with Gasteiger partial charge in [0.2, 0.25) is 5.91 Å². The van der Waals surface area contributed by atoms with Crippen LogP contribution in [0.1, 0.15) is 33.1 Å². The third kappa shape index (κ3) is 11.7. The van der Waals surface area contributed by atoms with Gasteiger partial charge in [0.25, 0.3) is 0 Å². The van der Waals surface area contributed by atoms with Crippen LogP contribution in [0.25, 0.3) is 0 Å². The molecule has 0 bridgehead atoms. The summed E-state index contributed by atoms with van der Waals surface area (Å²) in [7, 11) is 0. The van der Waals surface area contributed by atoms with Crippen molar-refractivity contribution < 1.29 is 9.53 Å². The lowest BCUT2D eigenvalue weighted by Crippen LogP contribution is -2.24. The van der Waals surface area contributed by atoms with Gasteiger partial charge in [-0.2, -0.15) is 11.8 Å². The van der Waals surface area contributed by atoms with Crippen LogP contribution in [0.4, 0.5) is 0 Å². The van der Waals surface area contributed by atoms with E-state index in [-0.39, 0.29) is 5.91 Å². The molecule has 0 saturated heterocycles. The van der Waals surface area contributed by atoms with Gasteiger partial charge in [-0.1, -0.05) is 20.3 Å². The average molecular weight is 233 g/mol. The highest BCUT2D eigenvalue weighted by atomic mass is 32.2. The molecule has 0 heterocycles. The van der Waals surface area contributed by atoms with E-state index in [2.05, 4.69) is 12.2 Å². The highest BCUT2D eigenvalue weighted by Crippen LogP contribution is 1.98. The summed E-state index contributed by atoms with van der Waals surface area (Å²) >= 11 is 1.82. The van der Waals surface area contributed by atoms with Crippen molar-refractivity contribution in [3.05, 3.63) is 0 Å². The summed E-state index contributed by atoms with van der Waals surface area (Å²) < 4.78 is 5.41. The minimum Gasteiger partial charge on any atom is -0.381 e. The molecule has 0 aromatic rings. The van der Waals surface area contributed by atoms with E-state index in [1.165, 1.54) is 6.42 Å². The molecule has 0 radical (unpaired) electrons. The van der Waals surface area contributed by atoms with Crippen LogP contribution in [0.3, 0.4) is 0 Å². The monoisotopic (exact) mass is 233 g/mol. The lowest BCUT2D eigenvalue weighted by atomic mass is 10.4. The van der Waals surface area contributed by atoms with Crippen molar-refractivity contribution in [2.75, 3.05) is 31.3 Å². The molecule has 1 amide bonds. The molecule has 0 fully saturated rings. The van der Waals surface area contributed by atoms with Crippen molar-refractivity contribution in [1.82, 2.24) is 5.32 Å². The minimum absolute atomic E-state index is 0.134. The topological polar surface area (TPSA) is 38.3 Å². The fourth-order valence-electron chi connectivity index (χ4n) is 0.956. The molecule has 0 aliphatic rings. The van der Waals surface area contributed by atoms with Crippen LogP contribution in [0.5, 0.6) is 0 Å². The zero-order valence-corrected chi connectivity index (χ0v) is 10.7. The number of ether oxygens (including phenoxy) is 1. The third-order valence-corrected chi connectivity index (χ3v) is 2.85. The molecule has 0 aromatic heterocycles. The fourth-order valence-corrected chi connectivity index (χ4v) is 1.64. The number of hydrogen-bond donors (Lipinski definition) is 1. The summed E-state index contributed by atoms with van der Waals surface area (Å²) in [5, 5.41) is 2.84. The number of rotatable bonds is 10. The Kier molecular flexibility index (Phi) is 11.7. The number of unbranched alkanes of at least 4 members (excludes halogenated alkanes) is 1. The second-order valence-corrected chi connectivity index (χ2v) is 4.51. The largest absolute Gasteiger partial charge is 0.381 e. The van der Waals surface area contributed by atoms with E-state index in [1.807, 2.05) is 18.7 Å². The number of nitrogens with one attached hydrogen (secondary N) is 1. The van der Waals surface area contributed by atoms with Crippen molar-refractivity contribution >= 4 is 17.7 Å². The number of carbonyl (C=O) groups excluding carboxylic acids is 1. The van der Waals surface area contributed by atoms with E-state index in [1.54, 1.807) is 0 Å². The molecule has 3 nitrogen and oxygen atoms in total. The van der Waals surface area contributed by atoms with Crippen molar-refractivity contribution in [1.29, 1.82) is 0 Å². The third-order valence-electron chi connectivity index (χ3n) is 1.90. The average Bonchev–Trinajstić information content (AvgIpc) is 2.26. The summed E-state index contributed by atoms with van der Waals surface area (Å²) in [4.78, 5) is 10.9. The lowest BCUT2D eigenvalue weighted by Gasteiger charge is -2.04. The molecule has 0 aliphatic carbocycles. The Balaban J connectivity index is 2.95. The van der Waals surface area contributed by atoms with Crippen LogP contribution in [0, 0.1) is 0 Å². The van der Waals surface area contributed by atoms with Gasteiger partial charge in [-0.15, -0.1) is 0 Å². The molecule has 0 saturated carbocycles. The van der Waals surface area contributed by atoms with Crippen LogP contribution < -0.4 is 5.32 Å². The smallest absolute Gasteiger partial charge is 0.219 e. The molecular weight excluding hydrogens is 210 g/mol. The van der Waals surface area contributed by atoms with Gasteiger partial charge in [0.15, 0.2) is 0 Å². The van der Waals surface area contributed by atoms with Crippen molar-refractivity contribution in [2.45, 2.75) is 33.1 Å². The molecular formula is C11H23NO2S. The van der Waals surface area contributed by atoms with E-state index in [9.17, 15) is 4.79 Å². The Labute approximate surface area is 97.3 Å². The molecule has 90 valence electrons. The van der Waals surface area contributed by atoms with Gasteiger partial charge >= 0.3 is 0 Å². The van der Waals surface area contributed by atoms with E-state index in [0.29, 0.717) is 6.42 Å². The fraction of sp³-hybridized carbons (Fsp3) is 0.909. The van der Waals surface area contributed by atoms with E-state index < -0.39 is 0 Å². The minimum atomic E-state index is 0.134. The molecule has 0 rings (SSSR count). The van der Waals surface area contributed by atoms with E-state index in [4.69, 9.17) is 4.74 Å². The summed E-state index contributed by atoms with van der Waals surface area (Å²) in [6.45, 7) is 6.50. The SMILES string of the molecule is CCCCOCCSCCNC(=O)CC. The second-order valence-electron chi connectivity index (χ2n) is 3.28. The van der Waals surface area contributed by atoms with Gasteiger partial charge in [0.05, 0.1) is 6.61 Å². The van der Waals surface area contributed by atoms with Gasteiger partial charge in [0, 0.05) is 31.1 Å². The zero-order valence-electron chi connectivity index (χ0n) is 9.88. The molecule has 4 heteroatoms. The van der Waals surface area contributed by atoms with Crippen LogP contribution >= 0.6 is 11.8 Å². The van der Waals surface area contributed by atoms with Gasteiger partial charge in [-0.25, -0.2) is 0 Å². The lowest BCUT2D eigenvalue weighted by molar-refractivity contribution is -0.120. The summed E-state index contributed by atoms with van der Waals surface area (Å²) in [6, 6.07) is 0. The summed E-state index contributed by atoms with van der Waals surface area (Å²) in [6.07, 6.45) is 2.91. The molecule has 0 aliphatic heterocycles. The van der Waals surface area contributed by atoms with Crippen LogP contribution in [0.2, 0.25) is 0 Å². The Morgan fingerprint density at radius 1 is 1.27 bits per heavy atom. The van der Waals surface area contributed by atoms with Crippen LogP contribution in [-0.2, 0) is 9.53 Å². The molecule has 0 unspecified atom stereocenters. The highest BCUT2D eigenvalue weighted by molar-refractivity contribution is 7.99. The maximum atomic E-state index is 10.9. The molecule has 0 atom stereocenters. The molecule has 15 heavy (non-hydrogen) atoms. The Bertz CT molecular complexity index is 154. The normalized spacial score (nSPS) is 10.3. The number of thioether (sulfide) groups is 1. The molecule has 1 N–H and O–H groups in total. The Morgan fingerprint density at radius 2 is 2.07 bits per heavy atom. The Morgan fingerprint density at radius 3 is 2.73 bits per heavy atom. The van der Waals surface area contributed by atoms with Crippen LogP contribution in [0.15, 0.2) is 0 Å². The van der Waals surface area contributed by atoms with Gasteiger partial charge < -0.3 is 10.1 Å². The van der Waals surface area contributed by atoms with Crippen molar-refractivity contribution in [3.63, 3.8) is 0 Å². The first-order valence-electron chi connectivity index (χ1n) is 5.73. The van der Waals surface area contributed by atoms with Gasteiger partial charge in [-0.3, -0.25) is 4.79 Å². The number of carbonyl (C=O) groups is 1. The summed E-state index contributed by atoms with van der Waals surface area (Å²) in [5.41, 5.74) is 0. The van der Waals surface area contributed by atoms with Crippen molar-refractivity contribution in [2.24, 2.45) is 0 Å². The number of hydrogen-bond acceptors (Lipinski definition) is 3. The zero-order chi connectivity index (χ0) is 11.4. The first-order chi connectivity index (χ1) is 7.31. The highest BCUT2D eigenvalue weighted by Gasteiger charge is 1.95. The maximum Gasteiger partial charge on any atom is 0.219 e. The predicted octanol–water partition coefficient (Wildman–Crippen LogP) is 2.06. The Hall–Kier alpha value is -0.220. The molecule has 0 spiro atoms. The summed E-state index contributed by atoms with van der Waals surface area (Å²) in [5.74, 6) is 2.13. The van der Waals surface area contributed by atoms with Gasteiger partial charge in [0.1, 0.15) is 0 Å². The second kappa shape index (κ2) is 11.9. The first kappa shape index (κ1) is 14.8. The molecule has 0 aromatic carbocycles.